The lowest BCUT2D eigenvalue weighted by Crippen LogP contribution is -2.26. The van der Waals surface area contributed by atoms with Crippen molar-refractivity contribution in [3.05, 3.63) is 36.2 Å². The van der Waals surface area contributed by atoms with Gasteiger partial charge in [0.25, 0.3) is 10.0 Å². The molecule has 0 saturated carbocycles. The highest BCUT2D eigenvalue weighted by Crippen LogP contribution is 2.26. The molecule has 0 unspecified atom stereocenters. The number of aromatic nitrogens is 2. The SMILES string of the molecule is CCOc1ccc(S(=O)(=O)N(C)c2cnn(C)c2)cc1C(=O)O. The van der Waals surface area contributed by atoms with Crippen LogP contribution in [0.4, 0.5) is 5.69 Å². The Kier molecular flexibility index (Phi) is 4.60. The van der Waals surface area contributed by atoms with Crippen LogP contribution in [0.3, 0.4) is 0 Å². The van der Waals surface area contributed by atoms with Crippen molar-refractivity contribution in [3.63, 3.8) is 0 Å². The molecule has 0 amide bonds. The zero-order valence-electron chi connectivity index (χ0n) is 12.9. The monoisotopic (exact) mass is 339 g/mol. The first-order valence-corrected chi connectivity index (χ1v) is 8.19. The van der Waals surface area contributed by atoms with Crippen LogP contribution in [-0.4, -0.2) is 42.9 Å². The number of carbonyl (C=O) groups is 1. The Morgan fingerprint density at radius 2 is 2.13 bits per heavy atom. The van der Waals surface area contributed by atoms with Gasteiger partial charge in [-0.2, -0.15) is 5.10 Å². The molecule has 1 aromatic heterocycles. The van der Waals surface area contributed by atoms with Crippen LogP contribution in [0, 0.1) is 0 Å². The average Bonchev–Trinajstić information content (AvgIpc) is 2.93. The highest BCUT2D eigenvalue weighted by molar-refractivity contribution is 7.92. The van der Waals surface area contributed by atoms with Crippen LogP contribution < -0.4 is 9.04 Å². The van der Waals surface area contributed by atoms with Crippen molar-refractivity contribution < 1.29 is 23.1 Å². The molecule has 0 aliphatic carbocycles. The maximum atomic E-state index is 12.6. The van der Waals surface area contributed by atoms with Crippen molar-refractivity contribution in [2.45, 2.75) is 11.8 Å². The third-order valence-corrected chi connectivity index (χ3v) is 4.98. The molecule has 9 heteroatoms. The summed E-state index contributed by atoms with van der Waals surface area (Å²) in [6.07, 6.45) is 2.95. The Labute approximate surface area is 134 Å². The second-order valence-corrected chi connectivity index (χ2v) is 6.71. The number of hydrogen-bond acceptors (Lipinski definition) is 5. The van der Waals surface area contributed by atoms with Crippen molar-refractivity contribution >= 4 is 21.7 Å². The number of anilines is 1. The van der Waals surface area contributed by atoms with Gasteiger partial charge in [0.05, 0.1) is 23.4 Å². The zero-order valence-corrected chi connectivity index (χ0v) is 13.7. The number of ether oxygens (including phenoxy) is 1. The lowest BCUT2D eigenvalue weighted by molar-refractivity contribution is 0.0692. The van der Waals surface area contributed by atoms with Gasteiger partial charge in [-0.3, -0.25) is 8.99 Å². The van der Waals surface area contributed by atoms with Crippen LogP contribution in [0.2, 0.25) is 0 Å². The molecule has 1 heterocycles. The maximum Gasteiger partial charge on any atom is 0.339 e. The quantitative estimate of drug-likeness (QED) is 0.852. The van der Waals surface area contributed by atoms with E-state index in [1.807, 2.05) is 0 Å². The predicted octanol–water partition coefficient (Wildman–Crippen LogP) is 1.34. The minimum Gasteiger partial charge on any atom is -0.493 e. The summed E-state index contributed by atoms with van der Waals surface area (Å²) in [5, 5.41) is 13.2. The second kappa shape index (κ2) is 6.29. The zero-order chi connectivity index (χ0) is 17.2. The van der Waals surface area contributed by atoms with Crippen LogP contribution in [-0.2, 0) is 17.1 Å². The molecule has 2 rings (SSSR count). The molecule has 0 radical (unpaired) electrons. The molecule has 0 spiro atoms. The van der Waals surface area contributed by atoms with Gasteiger partial charge in [-0.15, -0.1) is 0 Å². The van der Waals surface area contributed by atoms with E-state index < -0.39 is 16.0 Å². The first-order chi connectivity index (χ1) is 10.8. The average molecular weight is 339 g/mol. The standard InChI is InChI=1S/C14H17N3O5S/c1-4-22-13-6-5-11(7-12(13)14(18)19)23(20,21)17(3)10-8-15-16(2)9-10/h5-9H,4H2,1-3H3,(H,18,19). The molecule has 1 aromatic carbocycles. The number of nitrogens with zero attached hydrogens (tertiary/aromatic N) is 3. The highest BCUT2D eigenvalue weighted by atomic mass is 32.2. The Bertz CT molecular complexity index is 829. The molecule has 1 N–H and O–H groups in total. The summed E-state index contributed by atoms with van der Waals surface area (Å²) < 4.78 is 33.0. The second-order valence-electron chi connectivity index (χ2n) is 4.74. The number of aromatic carboxylic acids is 1. The van der Waals surface area contributed by atoms with Crippen LogP contribution in [0.1, 0.15) is 17.3 Å². The van der Waals surface area contributed by atoms with E-state index in [4.69, 9.17) is 4.74 Å². The number of aryl methyl sites for hydroxylation is 1. The van der Waals surface area contributed by atoms with Crippen LogP contribution >= 0.6 is 0 Å². The minimum absolute atomic E-state index is 0.128. The fourth-order valence-corrected chi connectivity index (χ4v) is 3.18. The molecule has 8 nitrogen and oxygen atoms in total. The van der Waals surface area contributed by atoms with Gasteiger partial charge in [0.1, 0.15) is 11.3 Å². The van der Waals surface area contributed by atoms with Crippen molar-refractivity contribution in [2.24, 2.45) is 7.05 Å². The maximum absolute atomic E-state index is 12.6. The summed E-state index contributed by atoms with van der Waals surface area (Å²) in [4.78, 5) is 11.2. The van der Waals surface area contributed by atoms with Gasteiger partial charge < -0.3 is 9.84 Å². The summed E-state index contributed by atoms with van der Waals surface area (Å²) in [6.45, 7) is 1.99. The summed E-state index contributed by atoms with van der Waals surface area (Å²) in [5.41, 5.74) is 0.172. The van der Waals surface area contributed by atoms with Gasteiger partial charge in [-0.05, 0) is 25.1 Å². The Balaban J connectivity index is 2.47. The van der Waals surface area contributed by atoms with Crippen molar-refractivity contribution in [1.82, 2.24) is 9.78 Å². The third-order valence-electron chi connectivity index (χ3n) is 3.19. The number of benzene rings is 1. The fraction of sp³-hybridized carbons (Fsp3) is 0.286. The smallest absolute Gasteiger partial charge is 0.339 e. The van der Waals surface area contributed by atoms with E-state index in [0.717, 1.165) is 10.4 Å². The number of carboxylic acids is 1. The fourth-order valence-electron chi connectivity index (χ4n) is 1.99. The Morgan fingerprint density at radius 3 is 2.65 bits per heavy atom. The summed E-state index contributed by atoms with van der Waals surface area (Å²) in [6, 6.07) is 3.76. The van der Waals surface area contributed by atoms with E-state index >= 15 is 0 Å². The molecule has 0 atom stereocenters. The van der Waals surface area contributed by atoms with Crippen molar-refractivity contribution in [3.8, 4) is 5.75 Å². The van der Waals surface area contributed by atoms with E-state index in [9.17, 15) is 18.3 Å². The van der Waals surface area contributed by atoms with E-state index in [0.29, 0.717) is 5.69 Å². The van der Waals surface area contributed by atoms with Gasteiger partial charge >= 0.3 is 5.97 Å². The number of carboxylic acid groups (broad SMARTS) is 1. The highest BCUT2D eigenvalue weighted by Gasteiger charge is 2.25. The van der Waals surface area contributed by atoms with Gasteiger partial charge in [0.15, 0.2) is 0 Å². The molecule has 0 bridgehead atoms. The minimum atomic E-state index is -3.91. The van der Waals surface area contributed by atoms with Crippen LogP contribution in [0.15, 0.2) is 35.5 Å². The topological polar surface area (TPSA) is 102 Å². The largest absolute Gasteiger partial charge is 0.493 e. The number of sulfonamides is 1. The normalized spacial score (nSPS) is 11.3. The van der Waals surface area contributed by atoms with E-state index in [1.54, 1.807) is 20.2 Å². The Hall–Kier alpha value is -2.55. The third kappa shape index (κ3) is 3.29. The number of hydrogen-bond donors (Lipinski definition) is 1. The molecule has 0 aliphatic heterocycles. The van der Waals surface area contributed by atoms with Crippen molar-refractivity contribution in [1.29, 1.82) is 0 Å². The summed E-state index contributed by atoms with van der Waals surface area (Å²) in [7, 11) is -0.857. The van der Waals surface area contributed by atoms with Gasteiger partial charge in [0.2, 0.25) is 0 Å². The molecule has 0 fully saturated rings. The van der Waals surface area contributed by atoms with Gasteiger partial charge in [0, 0.05) is 20.3 Å². The molecule has 2 aromatic rings. The molecule has 0 saturated heterocycles. The number of rotatable bonds is 6. The van der Waals surface area contributed by atoms with E-state index in [1.165, 1.54) is 30.1 Å². The molecule has 0 aliphatic rings. The first-order valence-electron chi connectivity index (χ1n) is 6.75. The van der Waals surface area contributed by atoms with Crippen molar-refractivity contribution in [2.75, 3.05) is 18.0 Å². The van der Waals surface area contributed by atoms with Crippen LogP contribution in [0.25, 0.3) is 0 Å². The summed E-state index contributed by atoms with van der Waals surface area (Å²) >= 11 is 0. The van der Waals surface area contributed by atoms with Crippen LogP contribution in [0.5, 0.6) is 5.75 Å². The van der Waals surface area contributed by atoms with Gasteiger partial charge in [-0.1, -0.05) is 0 Å². The Morgan fingerprint density at radius 1 is 1.43 bits per heavy atom. The predicted molar refractivity (Wildman–Crippen MR) is 83.4 cm³/mol. The lowest BCUT2D eigenvalue weighted by Gasteiger charge is -2.18. The van der Waals surface area contributed by atoms with Gasteiger partial charge in [-0.25, -0.2) is 13.2 Å². The lowest BCUT2D eigenvalue weighted by atomic mass is 10.2. The molecular formula is C14H17N3O5S. The first kappa shape index (κ1) is 16.8. The molecule has 23 heavy (non-hydrogen) atoms. The summed E-state index contributed by atoms with van der Waals surface area (Å²) in [5.74, 6) is -1.13. The van der Waals surface area contributed by atoms with E-state index in [2.05, 4.69) is 5.10 Å². The van der Waals surface area contributed by atoms with E-state index in [-0.39, 0.29) is 22.8 Å². The molecule has 124 valence electrons. The molecular weight excluding hydrogens is 322 g/mol.